The van der Waals surface area contributed by atoms with Crippen LogP contribution in [0.5, 0.6) is 5.75 Å². The normalized spacial score (nSPS) is 10.6. The number of amides is 1. The summed E-state index contributed by atoms with van der Waals surface area (Å²) in [6, 6.07) is 7.22. The SMILES string of the molecule is CCCCN(CCO)CC(=O)Nc1ccc(OC)cc1. The maximum absolute atomic E-state index is 11.9. The summed E-state index contributed by atoms with van der Waals surface area (Å²) in [7, 11) is 1.61. The molecule has 0 aliphatic rings. The first kappa shape index (κ1) is 16.5. The number of carbonyl (C=O) groups excluding carboxylic acids is 1. The van der Waals surface area contributed by atoms with Gasteiger partial charge in [0.15, 0.2) is 0 Å². The number of methoxy groups -OCH3 is 1. The van der Waals surface area contributed by atoms with Crippen molar-refractivity contribution in [3.8, 4) is 5.75 Å². The van der Waals surface area contributed by atoms with E-state index in [1.165, 1.54) is 0 Å². The fourth-order valence-electron chi connectivity index (χ4n) is 1.87. The highest BCUT2D eigenvalue weighted by Crippen LogP contribution is 2.14. The van der Waals surface area contributed by atoms with E-state index in [0.29, 0.717) is 13.1 Å². The Hall–Kier alpha value is -1.59. The molecular weight excluding hydrogens is 256 g/mol. The number of hydrogen-bond donors (Lipinski definition) is 2. The Morgan fingerprint density at radius 1 is 1.30 bits per heavy atom. The number of rotatable bonds is 9. The largest absolute Gasteiger partial charge is 0.497 e. The number of ether oxygens (including phenoxy) is 1. The third-order valence-corrected chi connectivity index (χ3v) is 2.99. The number of anilines is 1. The molecule has 0 heterocycles. The molecule has 2 N–H and O–H groups in total. The summed E-state index contributed by atoms with van der Waals surface area (Å²) in [4.78, 5) is 13.9. The van der Waals surface area contributed by atoms with E-state index >= 15 is 0 Å². The molecule has 0 radical (unpaired) electrons. The monoisotopic (exact) mass is 280 g/mol. The number of carbonyl (C=O) groups is 1. The van der Waals surface area contributed by atoms with Crippen LogP contribution in [-0.2, 0) is 4.79 Å². The summed E-state index contributed by atoms with van der Waals surface area (Å²) >= 11 is 0. The van der Waals surface area contributed by atoms with E-state index in [-0.39, 0.29) is 12.5 Å². The van der Waals surface area contributed by atoms with Gasteiger partial charge in [0, 0.05) is 12.2 Å². The molecule has 0 aliphatic heterocycles. The molecule has 0 bridgehead atoms. The molecule has 1 aromatic rings. The average Bonchev–Trinajstić information content (AvgIpc) is 2.45. The Kier molecular flexibility index (Phi) is 7.69. The summed E-state index contributed by atoms with van der Waals surface area (Å²) in [5.41, 5.74) is 0.746. The van der Waals surface area contributed by atoms with Crippen molar-refractivity contribution in [2.75, 3.05) is 38.7 Å². The van der Waals surface area contributed by atoms with Gasteiger partial charge in [0.25, 0.3) is 0 Å². The van der Waals surface area contributed by atoms with Crippen LogP contribution in [0, 0.1) is 0 Å². The molecule has 0 unspecified atom stereocenters. The van der Waals surface area contributed by atoms with E-state index in [2.05, 4.69) is 12.2 Å². The first-order valence-corrected chi connectivity index (χ1v) is 6.96. The van der Waals surface area contributed by atoms with Crippen LogP contribution in [-0.4, -0.2) is 49.3 Å². The fourth-order valence-corrected chi connectivity index (χ4v) is 1.87. The second-order valence-corrected chi connectivity index (χ2v) is 4.63. The van der Waals surface area contributed by atoms with Gasteiger partial charge in [-0.25, -0.2) is 0 Å². The van der Waals surface area contributed by atoms with Gasteiger partial charge in [0.2, 0.25) is 5.91 Å². The minimum atomic E-state index is -0.0697. The smallest absolute Gasteiger partial charge is 0.238 e. The number of benzene rings is 1. The first-order chi connectivity index (χ1) is 9.69. The van der Waals surface area contributed by atoms with Gasteiger partial charge in [-0.2, -0.15) is 0 Å². The minimum Gasteiger partial charge on any atom is -0.497 e. The van der Waals surface area contributed by atoms with E-state index in [4.69, 9.17) is 9.84 Å². The Morgan fingerprint density at radius 2 is 2.00 bits per heavy atom. The zero-order chi connectivity index (χ0) is 14.8. The van der Waals surface area contributed by atoms with Crippen LogP contribution in [0.2, 0.25) is 0 Å². The topological polar surface area (TPSA) is 61.8 Å². The summed E-state index contributed by atoms with van der Waals surface area (Å²) < 4.78 is 5.07. The molecule has 0 saturated heterocycles. The minimum absolute atomic E-state index is 0.0690. The molecule has 0 saturated carbocycles. The summed E-state index contributed by atoms with van der Waals surface area (Å²) in [5.74, 6) is 0.688. The number of unbranched alkanes of at least 4 members (excludes halogenated alkanes) is 1. The molecule has 112 valence electrons. The van der Waals surface area contributed by atoms with Gasteiger partial charge in [-0.05, 0) is 37.2 Å². The van der Waals surface area contributed by atoms with Crippen molar-refractivity contribution >= 4 is 11.6 Å². The van der Waals surface area contributed by atoms with Gasteiger partial charge < -0.3 is 15.2 Å². The molecule has 20 heavy (non-hydrogen) atoms. The number of aliphatic hydroxyl groups is 1. The second-order valence-electron chi connectivity index (χ2n) is 4.63. The van der Waals surface area contributed by atoms with Crippen molar-refractivity contribution in [3.63, 3.8) is 0 Å². The van der Waals surface area contributed by atoms with Crippen molar-refractivity contribution in [2.24, 2.45) is 0 Å². The molecule has 0 fully saturated rings. The zero-order valence-corrected chi connectivity index (χ0v) is 12.3. The van der Waals surface area contributed by atoms with Crippen LogP contribution >= 0.6 is 0 Å². The molecule has 0 atom stereocenters. The maximum Gasteiger partial charge on any atom is 0.238 e. The maximum atomic E-state index is 11.9. The molecule has 5 nitrogen and oxygen atoms in total. The molecule has 0 aliphatic carbocycles. The van der Waals surface area contributed by atoms with Crippen LogP contribution in [0.3, 0.4) is 0 Å². The van der Waals surface area contributed by atoms with E-state index in [1.807, 2.05) is 4.90 Å². The highest BCUT2D eigenvalue weighted by molar-refractivity contribution is 5.92. The first-order valence-electron chi connectivity index (χ1n) is 6.96. The standard InChI is InChI=1S/C15H24N2O3/c1-3-4-9-17(10-11-18)12-15(19)16-13-5-7-14(20-2)8-6-13/h5-8,18H,3-4,9-12H2,1-2H3,(H,16,19). The van der Waals surface area contributed by atoms with Crippen molar-refractivity contribution in [3.05, 3.63) is 24.3 Å². The predicted molar refractivity (Wildman–Crippen MR) is 80.1 cm³/mol. The fraction of sp³-hybridized carbons (Fsp3) is 0.533. The molecule has 0 spiro atoms. The number of nitrogens with one attached hydrogen (secondary N) is 1. The van der Waals surface area contributed by atoms with E-state index in [0.717, 1.165) is 30.8 Å². The Morgan fingerprint density at radius 3 is 2.55 bits per heavy atom. The molecule has 1 amide bonds. The van der Waals surface area contributed by atoms with Crippen molar-refractivity contribution in [1.82, 2.24) is 4.90 Å². The van der Waals surface area contributed by atoms with Gasteiger partial charge in [-0.1, -0.05) is 13.3 Å². The second kappa shape index (κ2) is 9.34. The Labute approximate surface area is 120 Å². The van der Waals surface area contributed by atoms with Crippen LogP contribution in [0.15, 0.2) is 24.3 Å². The summed E-state index contributed by atoms with van der Waals surface area (Å²) in [6.45, 7) is 3.82. The van der Waals surface area contributed by atoms with Crippen molar-refractivity contribution < 1.29 is 14.6 Å². The lowest BCUT2D eigenvalue weighted by atomic mass is 10.3. The summed E-state index contributed by atoms with van der Waals surface area (Å²) in [5, 5.41) is 11.8. The van der Waals surface area contributed by atoms with E-state index in [9.17, 15) is 4.79 Å². The van der Waals surface area contributed by atoms with E-state index in [1.54, 1.807) is 31.4 Å². The highest BCUT2D eigenvalue weighted by atomic mass is 16.5. The van der Waals surface area contributed by atoms with Gasteiger partial charge in [-0.15, -0.1) is 0 Å². The van der Waals surface area contributed by atoms with Crippen molar-refractivity contribution in [2.45, 2.75) is 19.8 Å². The lowest BCUT2D eigenvalue weighted by Crippen LogP contribution is -2.35. The lowest BCUT2D eigenvalue weighted by molar-refractivity contribution is -0.117. The highest BCUT2D eigenvalue weighted by Gasteiger charge is 2.10. The molecular formula is C15H24N2O3. The molecule has 1 aromatic carbocycles. The average molecular weight is 280 g/mol. The lowest BCUT2D eigenvalue weighted by Gasteiger charge is -2.20. The number of nitrogens with zero attached hydrogens (tertiary/aromatic N) is 1. The van der Waals surface area contributed by atoms with Crippen LogP contribution in [0.25, 0.3) is 0 Å². The van der Waals surface area contributed by atoms with Crippen LogP contribution < -0.4 is 10.1 Å². The number of hydrogen-bond acceptors (Lipinski definition) is 4. The zero-order valence-electron chi connectivity index (χ0n) is 12.3. The van der Waals surface area contributed by atoms with E-state index < -0.39 is 0 Å². The van der Waals surface area contributed by atoms with Crippen LogP contribution in [0.4, 0.5) is 5.69 Å². The van der Waals surface area contributed by atoms with Crippen molar-refractivity contribution in [1.29, 1.82) is 0 Å². The third-order valence-electron chi connectivity index (χ3n) is 2.99. The Bertz CT molecular complexity index is 393. The van der Waals surface area contributed by atoms with Gasteiger partial charge in [0.1, 0.15) is 5.75 Å². The van der Waals surface area contributed by atoms with Gasteiger partial charge in [0.05, 0.1) is 20.3 Å². The molecule has 1 rings (SSSR count). The van der Waals surface area contributed by atoms with Crippen LogP contribution in [0.1, 0.15) is 19.8 Å². The Balaban J connectivity index is 2.46. The van der Waals surface area contributed by atoms with Gasteiger partial charge >= 0.3 is 0 Å². The molecule has 0 aromatic heterocycles. The molecule has 5 heteroatoms. The predicted octanol–water partition coefficient (Wildman–Crippen LogP) is 1.73. The quantitative estimate of drug-likeness (QED) is 0.723. The number of aliphatic hydroxyl groups excluding tert-OH is 1. The van der Waals surface area contributed by atoms with Gasteiger partial charge in [-0.3, -0.25) is 9.69 Å². The third kappa shape index (κ3) is 6.04. The summed E-state index contributed by atoms with van der Waals surface area (Å²) in [6.07, 6.45) is 2.10.